The smallest absolute Gasteiger partial charge is 0.143 e. The van der Waals surface area contributed by atoms with Crippen molar-refractivity contribution in [1.29, 1.82) is 0 Å². The van der Waals surface area contributed by atoms with Crippen LogP contribution in [0.4, 0.5) is 0 Å². The number of aromatic amines is 1. The Balaban J connectivity index is 0.000000720. The summed E-state index contributed by atoms with van der Waals surface area (Å²) in [7, 11) is 0. The van der Waals surface area contributed by atoms with E-state index in [-0.39, 0.29) is 28.5 Å². The highest BCUT2D eigenvalue weighted by atomic mass is 79.9. The van der Waals surface area contributed by atoms with Gasteiger partial charge in [0, 0.05) is 0 Å². The third kappa shape index (κ3) is 1.12. The first kappa shape index (κ1) is 8.86. The molecule has 0 radical (unpaired) electrons. The number of aromatic nitrogens is 2. The summed E-state index contributed by atoms with van der Waals surface area (Å²) < 4.78 is 0. The van der Waals surface area contributed by atoms with E-state index in [4.69, 9.17) is 0 Å². The average molecular weight is 231 g/mol. The van der Waals surface area contributed by atoms with E-state index < -0.39 is 0 Å². The second-order valence-electron chi connectivity index (χ2n) is 2.23. The van der Waals surface area contributed by atoms with Crippen molar-refractivity contribution in [3.05, 3.63) is 18.5 Å². The Bertz CT molecular complexity index is 363. The Morgan fingerprint density at radius 1 is 1.17 bits per heavy atom. The molecule has 2 rings (SSSR count). The quantitative estimate of drug-likeness (QED) is 0.602. The van der Waals surface area contributed by atoms with Crippen LogP contribution in [0, 0.1) is 0 Å². The summed E-state index contributed by atoms with van der Waals surface area (Å²) in [5.41, 5.74) is 0.856. The van der Waals surface area contributed by atoms with Gasteiger partial charge in [0.1, 0.15) is 22.5 Å². The molecule has 0 aliphatic heterocycles. The topological polar surface area (TPSA) is 69.1 Å². The number of fused-ring (bicyclic) bond motifs is 1. The van der Waals surface area contributed by atoms with Gasteiger partial charge in [-0.25, -0.2) is 4.98 Å². The Hall–Kier alpha value is -1.23. The van der Waals surface area contributed by atoms with E-state index >= 15 is 0 Å². The van der Waals surface area contributed by atoms with Crippen molar-refractivity contribution in [3.8, 4) is 11.5 Å². The molecule has 0 unspecified atom stereocenters. The number of imidazole rings is 1. The number of hydrogen-bond donors (Lipinski definition) is 3. The molecule has 0 saturated carbocycles. The van der Waals surface area contributed by atoms with Gasteiger partial charge >= 0.3 is 0 Å². The van der Waals surface area contributed by atoms with E-state index in [1.807, 2.05) is 0 Å². The molecule has 2 aromatic rings. The molecule has 0 amide bonds. The fraction of sp³-hybridized carbons (Fsp3) is 0. The van der Waals surface area contributed by atoms with Gasteiger partial charge in [-0.3, -0.25) is 0 Å². The number of phenolic OH excluding ortho intramolecular Hbond substituents is 2. The van der Waals surface area contributed by atoms with Gasteiger partial charge in [0.05, 0.1) is 6.33 Å². The molecular weight excluding hydrogens is 224 g/mol. The summed E-state index contributed by atoms with van der Waals surface area (Å²) in [5.74, 6) is 0.161. The highest BCUT2D eigenvalue weighted by Gasteiger charge is 2.04. The van der Waals surface area contributed by atoms with Crippen LogP contribution >= 0.6 is 17.0 Å². The predicted octanol–water partition coefficient (Wildman–Crippen LogP) is 1.55. The fourth-order valence-corrected chi connectivity index (χ4v) is 1.00. The lowest BCUT2D eigenvalue weighted by Crippen LogP contribution is -1.72. The Kier molecular flexibility index (Phi) is 2.23. The molecular formula is C7H7BrN2O2. The number of hydrogen-bond acceptors (Lipinski definition) is 3. The van der Waals surface area contributed by atoms with E-state index in [0.29, 0.717) is 11.0 Å². The second kappa shape index (κ2) is 3.02. The molecule has 0 atom stereocenters. The summed E-state index contributed by atoms with van der Waals surface area (Å²) in [4.78, 5) is 6.52. The molecule has 12 heavy (non-hydrogen) atoms. The number of nitrogens with zero attached hydrogens (tertiary/aromatic N) is 1. The summed E-state index contributed by atoms with van der Waals surface area (Å²) in [6.45, 7) is 0. The number of H-pyrrole nitrogens is 1. The molecule has 1 heterocycles. The number of aromatic hydroxyl groups is 2. The highest BCUT2D eigenvalue weighted by Crippen LogP contribution is 2.27. The Morgan fingerprint density at radius 2 is 1.83 bits per heavy atom. The maximum Gasteiger partial charge on any atom is 0.143 e. The number of benzene rings is 1. The largest absolute Gasteiger partial charge is 0.506 e. The monoisotopic (exact) mass is 230 g/mol. The van der Waals surface area contributed by atoms with Crippen LogP contribution in [0.2, 0.25) is 0 Å². The Morgan fingerprint density at radius 3 is 2.50 bits per heavy atom. The maximum atomic E-state index is 9.20. The van der Waals surface area contributed by atoms with E-state index in [2.05, 4.69) is 9.97 Å². The van der Waals surface area contributed by atoms with Crippen LogP contribution in [0.3, 0.4) is 0 Å². The van der Waals surface area contributed by atoms with Gasteiger partial charge in [0.2, 0.25) is 0 Å². The zero-order valence-electron chi connectivity index (χ0n) is 5.98. The summed E-state index contributed by atoms with van der Waals surface area (Å²) in [6.07, 6.45) is 1.42. The van der Waals surface area contributed by atoms with E-state index in [0.717, 1.165) is 0 Å². The fourth-order valence-electron chi connectivity index (χ4n) is 1.00. The van der Waals surface area contributed by atoms with Crippen molar-refractivity contribution in [2.24, 2.45) is 0 Å². The minimum atomic E-state index is 0. The molecule has 4 nitrogen and oxygen atoms in total. The van der Waals surface area contributed by atoms with E-state index in [1.165, 1.54) is 18.5 Å². The van der Waals surface area contributed by atoms with Gasteiger partial charge in [-0.05, 0) is 12.1 Å². The molecule has 0 bridgehead atoms. The van der Waals surface area contributed by atoms with Crippen molar-refractivity contribution in [2.45, 2.75) is 0 Å². The van der Waals surface area contributed by atoms with Crippen LogP contribution in [0.5, 0.6) is 11.5 Å². The SMILES string of the molecule is Br.Oc1ccc(O)c2[nH]cnc12. The van der Waals surface area contributed by atoms with Gasteiger partial charge in [-0.2, -0.15) is 0 Å². The summed E-state index contributed by atoms with van der Waals surface area (Å²) >= 11 is 0. The minimum absolute atomic E-state index is 0. The minimum Gasteiger partial charge on any atom is -0.506 e. The zero-order chi connectivity index (χ0) is 7.84. The molecule has 0 spiro atoms. The van der Waals surface area contributed by atoms with Crippen LogP contribution in [0.15, 0.2) is 18.5 Å². The van der Waals surface area contributed by atoms with Crippen molar-refractivity contribution < 1.29 is 10.2 Å². The number of halogens is 1. The summed E-state index contributed by atoms with van der Waals surface area (Å²) in [5, 5.41) is 18.4. The molecule has 5 heteroatoms. The third-order valence-corrected chi connectivity index (χ3v) is 1.54. The van der Waals surface area contributed by atoms with Gasteiger partial charge in [-0.15, -0.1) is 17.0 Å². The maximum absolute atomic E-state index is 9.20. The molecule has 1 aromatic heterocycles. The Labute approximate surface area is 78.6 Å². The number of phenols is 2. The average Bonchev–Trinajstić information content (AvgIpc) is 2.45. The second-order valence-corrected chi connectivity index (χ2v) is 2.23. The molecule has 3 N–H and O–H groups in total. The number of rotatable bonds is 0. The molecule has 64 valence electrons. The first-order valence-electron chi connectivity index (χ1n) is 3.13. The predicted molar refractivity (Wildman–Crippen MR) is 49.7 cm³/mol. The van der Waals surface area contributed by atoms with Crippen molar-refractivity contribution in [1.82, 2.24) is 9.97 Å². The van der Waals surface area contributed by atoms with Crippen LogP contribution in [-0.4, -0.2) is 20.2 Å². The first-order chi connectivity index (χ1) is 5.29. The lowest BCUT2D eigenvalue weighted by molar-refractivity contribution is 0.468. The van der Waals surface area contributed by atoms with Crippen molar-refractivity contribution >= 4 is 28.0 Å². The first-order valence-corrected chi connectivity index (χ1v) is 3.13. The molecule has 1 aromatic carbocycles. The van der Waals surface area contributed by atoms with Crippen molar-refractivity contribution in [3.63, 3.8) is 0 Å². The van der Waals surface area contributed by atoms with Crippen molar-refractivity contribution in [2.75, 3.05) is 0 Å². The zero-order valence-corrected chi connectivity index (χ0v) is 7.70. The highest BCUT2D eigenvalue weighted by molar-refractivity contribution is 8.93. The van der Waals surface area contributed by atoms with Gasteiger partial charge < -0.3 is 15.2 Å². The van der Waals surface area contributed by atoms with Crippen LogP contribution in [-0.2, 0) is 0 Å². The summed E-state index contributed by atoms with van der Waals surface area (Å²) in [6, 6.07) is 2.81. The molecule has 0 saturated heterocycles. The third-order valence-electron chi connectivity index (χ3n) is 1.54. The van der Waals surface area contributed by atoms with Gasteiger partial charge in [0.15, 0.2) is 0 Å². The van der Waals surface area contributed by atoms with E-state index in [1.54, 1.807) is 0 Å². The standard InChI is InChI=1S/C7H6N2O2.BrH/c10-4-1-2-5(11)7-6(4)8-3-9-7;/h1-3,10-11H,(H,8,9);1H. The van der Waals surface area contributed by atoms with Gasteiger partial charge in [0.25, 0.3) is 0 Å². The van der Waals surface area contributed by atoms with Crippen LogP contribution < -0.4 is 0 Å². The van der Waals surface area contributed by atoms with Crippen LogP contribution in [0.1, 0.15) is 0 Å². The lowest BCUT2D eigenvalue weighted by Gasteiger charge is -1.94. The van der Waals surface area contributed by atoms with E-state index in [9.17, 15) is 10.2 Å². The number of nitrogens with one attached hydrogen (secondary N) is 1. The normalized spacial score (nSPS) is 9.67. The molecule has 0 fully saturated rings. The molecule has 0 aliphatic carbocycles. The molecule has 0 aliphatic rings. The lowest BCUT2D eigenvalue weighted by atomic mass is 10.3. The van der Waals surface area contributed by atoms with Crippen LogP contribution in [0.25, 0.3) is 11.0 Å². The van der Waals surface area contributed by atoms with Gasteiger partial charge in [-0.1, -0.05) is 0 Å².